The Morgan fingerprint density at radius 2 is 2.06 bits per heavy atom. The molecule has 1 aromatic carbocycles. The maximum atomic E-state index is 12.5. The lowest BCUT2D eigenvalue weighted by Gasteiger charge is -2.01. The van der Waals surface area contributed by atoms with E-state index in [0.717, 1.165) is 6.07 Å². The molecule has 0 spiro atoms. The fourth-order valence-corrected chi connectivity index (χ4v) is 1.36. The Morgan fingerprint density at radius 1 is 1.38 bits per heavy atom. The van der Waals surface area contributed by atoms with Gasteiger partial charge in [-0.25, -0.2) is 0 Å². The minimum absolute atomic E-state index is 0.0809. The summed E-state index contributed by atoms with van der Waals surface area (Å²) >= 11 is 0. The summed E-state index contributed by atoms with van der Waals surface area (Å²) in [5.74, 6) is -1.48. The minimum atomic E-state index is -4.61. The average molecular weight is 229 g/mol. The normalized spacial score (nSPS) is 12.0. The fraction of sp³-hybridized carbons (Fsp3) is 0.200. The maximum Gasteiger partial charge on any atom is 0.453 e. The van der Waals surface area contributed by atoms with Gasteiger partial charge in [0.2, 0.25) is 5.76 Å². The molecule has 1 heterocycles. The molecule has 0 fully saturated rings. The molecular formula is C10H6F3NO2. The van der Waals surface area contributed by atoms with E-state index in [1.165, 1.54) is 19.1 Å². The Bertz CT molecular complexity index is 557. The van der Waals surface area contributed by atoms with Crippen molar-refractivity contribution < 1.29 is 22.5 Å². The van der Waals surface area contributed by atoms with Gasteiger partial charge in [-0.3, -0.25) is 4.79 Å². The molecular weight excluding hydrogens is 223 g/mol. The molecule has 2 rings (SSSR count). The van der Waals surface area contributed by atoms with Gasteiger partial charge in [-0.2, -0.15) is 13.2 Å². The molecule has 0 aliphatic rings. The molecule has 0 bridgehead atoms. The highest BCUT2D eigenvalue weighted by Gasteiger charge is 2.38. The number of alkyl halides is 3. The third kappa shape index (κ3) is 1.66. The van der Waals surface area contributed by atoms with Gasteiger partial charge < -0.3 is 4.52 Å². The van der Waals surface area contributed by atoms with Crippen molar-refractivity contribution in [2.24, 2.45) is 0 Å². The number of Topliss-reactive ketones (excluding diaryl/α,β-unsaturated/α-hetero) is 1. The third-order valence-corrected chi connectivity index (χ3v) is 2.14. The lowest BCUT2D eigenvalue weighted by atomic mass is 10.1. The van der Waals surface area contributed by atoms with Crippen LogP contribution >= 0.6 is 0 Å². The van der Waals surface area contributed by atoms with Crippen molar-refractivity contribution in [3.05, 3.63) is 29.5 Å². The zero-order valence-corrected chi connectivity index (χ0v) is 8.13. The number of carbonyl (C=O) groups is 1. The molecule has 0 amide bonds. The molecule has 0 N–H and O–H groups in total. The molecule has 0 saturated heterocycles. The van der Waals surface area contributed by atoms with Crippen LogP contribution in [0.2, 0.25) is 0 Å². The van der Waals surface area contributed by atoms with Crippen LogP contribution in [0.4, 0.5) is 13.2 Å². The van der Waals surface area contributed by atoms with Crippen LogP contribution in [0.3, 0.4) is 0 Å². The molecule has 0 saturated carbocycles. The van der Waals surface area contributed by atoms with E-state index < -0.39 is 11.9 Å². The Labute approximate surface area is 87.8 Å². The highest BCUT2D eigenvalue weighted by molar-refractivity contribution is 5.98. The number of hydrogen-bond donors (Lipinski definition) is 0. The highest BCUT2D eigenvalue weighted by Crippen LogP contribution is 2.35. The molecule has 6 heteroatoms. The predicted molar refractivity (Wildman–Crippen MR) is 49.0 cm³/mol. The first-order valence-electron chi connectivity index (χ1n) is 4.37. The average Bonchev–Trinajstić information content (AvgIpc) is 2.58. The van der Waals surface area contributed by atoms with E-state index in [2.05, 4.69) is 9.68 Å². The molecule has 84 valence electrons. The van der Waals surface area contributed by atoms with Crippen molar-refractivity contribution in [2.75, 3.05) is 0 Å². The summed E-state index contributed by atoms with van der Waals surface area (Å²) in [6.45, 7) is 1.28. The van der Waals surface area contributed by atoms with E-state index in [1.807, 2.05) is 0 Å². The maximum absolute atomic E-state index is 12.5. The Balaban J connectivity index is 2.70. The van der Waals surface area contributed by atoms with Crippen LogP contribution < -0.4 is 0 Å². The zero-order chi connectivity index (χ0) is 11.9. The quantitative estimate of drug-likeness (QED) is 0.706. The smallest absolute Gasteiger partial charge is 0.350 e. The second-order valence-corrected chi connectivity index (χ2v) is 3.30. The van der Waals surface area contributed by atoms with E-state index in [1.54, 1.807) is 0 Å². The molecule has 1 aromatic heterocycles. The standard InChI is InChI=1S/C10H6F3NO2/c1-5(15)6-2-3-8-7(4-6)9(16-14-8)10(11,12)13/h2-4H,1H3. The van der Waals surface area contributed by atoms with Gasteiger partial charge in [0.1, 0.15) is 5.52 Å². The topological polar surface area (TPSA) is 43.1 Å². The number of carbonyl (C=O) groups excluding carboxylic acids is 1. The van der Waals surface area contributed by atoms with Crippen molar-refractivity contribution in [2.45, 2.75) is 13.1 Å². The lowest BCUT2D eigenvalue weighted by molar-refractivity contribution is -0.154. The largest absolute Gasteiger partial charge is 0.453 e. The van der Waals surface area contributed by atoms with Crippen LogP contribution in [0, 0.1) is 0 Å². The third-order valence-electron chi connectivity index (χ3n) is 2.14. The van der Waals surface area contributed by atoms with Crippen molar-refractivity contribution in [3.63, 3.8) is 0 Å². The number of rotatable bonds is 1. The molecule has 0 atom stereocenters. The number of ketones is 1. The summed E-state index contributed by atoms with van der Waals surface area (Å²) in [7, 11) is 0. The van der Waals surface area contributed by atoms with Crippen LogP contribution in [-0.2, 0) is 6.18 Å². The number of fused-ring (bicyclic) bond motifs is 1. The summed E-state index contributed by atoms with van der Waals surface area (Å²) in [4.78, 5) is 11.0. The van der Waals surface area contributed by atoms with Crippen LogP contribution in [0.5, 0.6) is 0 Å². The van der Waals surface area contributed by atoms with E-state index in [4.69, 9.17) is 0 Å². The van der Waals surface area contributed by atoms with Crippen LogP contribution in [-0.4, -0.2) is 10.9 Å². The van der Waals surface area contributed by atoms with E-state index in [0.29, 0.717) is 0 Å². The minimum Gasteiger partial charge on any atom is -0.350 e. The summed E-state index contributed by atoms with van der Waals surface area (Å²) in [6.07, 6.45) is -4.61. The molecule has 2 aromatic rings. The van der Waals surface area contributed by atoms with E-state index in [-0.39, 0.29) is 22.2 Å². The summed E-state index contributed by atoms with van der Waals surface area (Å²) in [5.41, 5.74) is 0.276. The highest BCUT2D eigenvalue weighted by atomic mass is 19.4. The van der Waals surface area contributed by atoms with E-state index in [9.17, 15) is 18.0 Å². The second-order valence-electron chi connectivity index (χ2n) is 3.30. The zero-order valence-electron chi connectivity index (χ0n) is 8.13. The van der Waals surface area contributed by atoms with Gasteiger partial charge in [0.25, 0.3) is 0 Å². The molecule has 0 unspecified atom stereocenters. The Morgan fingerprint density at radius 3 is 2.62 bits per heavy atom. The first-order valence-corrected chi connectivity index (χ1v) is 4.37. The van der Waals surface area contributed by atoms with Crippen LogP contribution in [0.1, 0.15) is 23.0 Å². The fourth-order valence-electron chi connectivity index (χ4n) is 1.36. The molecule has 16 heavy (non-hydrogen) atoms. The van der Waals surface area contributed by atoms with Gasteiger partial charge in [0.05, 0.1) is 5.39 Å². The lowest BCUT2D eigenvalue weighted by Crippen LogP contribution is -2.03. The summed E-state index contributed by atoms with van der Waals surface area (Å²) in [6, 6.07) is 3.87. The first-order chi connectivity index (χ1) is 7.39. The number of nitrogens with zero attached hydrogens (tertiary/aromatic N) is 1. The van der Waals surface area contributed by atoms with Gasteiger partial charge >= 0.3 is 6.18 Å². The summed E-state index contributed by atoms with van der Waals surface area (Å²) < 4.78 is 41.6. The molecule has 0 aliphatic heterocycles. The predicted octanol–water partition coefficient (Wildman–Crippen LogP) is 3.05. The van der Waals surface area contributed by atoms with Gasteiger partial charge in [0.15, 0.2) is 5.78 Å². The number of hydrogen-bond acceptors (Lipinski definition) is 3. The van der Waals surface area contributed by atoms with Gasteiger partial charge in [-0.1, -0.05) is 5.16 Å². The molecule has 0 aliphatic carbocycles. The summed E-state index contributed by atoms with van der Waals surface area (Å²) in [5, 5.41) is 3.09. The van der Waals surface area contributed by atoms with Gasteiger partial charge in [0, 0.05) is 5.56 Å². The van der Waals surface area contributed by atoms with Gasteiger partial charge in [-0.15, -0.1) is 0 Å². The first kappa shape index (κ1) is 10.7. The van der Waals surface area contributed by atoms with Crippen molar-refractivity contribution >= 4 is 16.7 Å². The number of halogens is 3. The number of benzene rings is 1. The van der Waals surface area contributed by atoms with Crippen molar-refractivity contribution in [3.8, 4) is 0 Å². The molecule has 3 nitrogen and oxygen atoms in total. The van der Waals surface area contributed by atoms with E-state index >= 15 is 0 Å². The van der Waals surface area contributed by atoms with Crippen LogP contribution in [0.25, 0.3) is 10.9 Å². The van der Waals surface area contributed by atoms with Gasteiger partial charge in [-0.05, 0) is 25.1 Å². The monoisotopic (exact) mass is 229 g/mol. The Kier molecular flexibility index (Phi) is 2.22. The SMILES string of the molecule is CC(=O)c1ccc2noc(C(F)(F)F)c2c1. The number of aromatic nitrogens is 1. The van der Waals surface area contributed by atoms with Crippen molar-refractivity contribution in [1.82, 2.24) is 5.16 Å². The second kappa shape index (κ2) is 3.33. The Hall–Kier alpha value is -1.85. The molecule has 0 radical (unpaired) electrons. The van der Waals surface area contributed by atoms with Crippen LogP contribution in [0.15, 0.2) is 22.7 Å². The van der Waals surface area contributed by atoms with Crippen molar-refractivity contribution in [1.29, 1.82) is 0 Å².